The highest BCUT2D eigenvalue weighted by Crippen LogP contribution is 2.14. The highest BCUT2D eigenvalue weighted by Gasteiger charge is 2.06. The maximum absolute atomic E-state index is 11.2. The number of anilines is 1. The Labute approximate surface area is 106 Å². The lowest BCUT2D eigenvalue weighted by molar-refractivity contribution is -0.119. The van der Waals surface area contributed by atoms with E-state index in [1.807, 2.05) is 24.3 Å². The predicted molar refractivity (Wildman–Crippen MR) is 68.1 cm³/mol. The number of hydrogen-bond acceptors (Lipinski definition) is 2. The second kappa shape index (κ2) is 6.25. The molecule has 4 nitrogen and oxygen atoms in total. The summed E-state index contributed by atoms with van der Waals surface area (Å²) in [6.07, 6.45) is 0. The molecule has 5 heteroatoms. The molecule has 17 heavy (non-hydrogen) atoms. The third-order valence-corrected chi connectivity index (χ3v) is 2.62. The molecular weight excluding hydrogens is 240 g/mol. The van der Waals surface area contributed by atoms with Crippen LogP contribution in [0.4, 0.5) is 5.69 Å². The number of carbonyl (C=O) groups excluding carboxylic acids is 2. The molecule has 1 aromatic rings. The minimum atomic E-state index is -0.211. The molecule has 0 saturated heterocycles. The molecule has 0 aliphatic rings. The number of hydrogen-bond donors (Lipinski definition) is 1. The number of rotatable bonds is 4. The molecule has 1 rings (SSSR count). The number of carbonyl (C=O) groups is 2. The van der Waals surface area contributed by atoms with Gasteiger partial charge in [0.1, 0.15) is 5.88 Å². The Morgan fingerprint density at radius 1 is 1.41 bits per heavy atom. The summed E-state index contributed by atoms with van der Waals surface area (Å²) >= 11 is 5.38. The maximum atomic E-state index is 11.2. The highest BCUT2D eigenvalue weighted by atomic mass is 35.5. The Balaban J connectivity index is 2.72. The Morgan fingerprint density at radius 3 is 2.71 bits per heavy atom. The molecule has 0 unspecified atom stereocenters. The standard InChI is InChI=1S/C12H15ClN2O2/c1-9(16)15(2)11-5-3-4-10(6-11)8-14-12(17)7-13/h3-6H,7-8H2,1-2H3,(H,14,17). The molecule has 92 valence electrons. The molecule has 0 fully saturated rings. The fourth-order valence-corrected chi connectivity index (χ4v) is 1.40. The lowest BCUT2D eigenvalue weighted by Crippen LogP contribution is -2.25. The predicted octanol–water partition coefficient (Wildman–Crippen LogP) is 1.52. The van der Waals surface area contributed by atoms with E-state index in [4.69, 9.17) is 11.6 Å². The van der Waals surface area contributed by atoms with E-state index in [1.165, 1.54) is 6.92 Å². The van der Waals surface area contributed by atoms with Crippen molar-refractivity contribution < 1.29 is 9.59 Å². The van der Waals surface area contributed by atoms with Crippen molar-refractivity contribution >= 4 is 29.1 Å². The summed E-state index contributed by atoms with van der Waals surface area (Å²) in [5.41, 5.74) is 1.73. The van der Waals surface area contributed by atoms with Gasteiger partial charge in [0.25, 0.3) is 0 Å². The molecule has 0 aromatic heterocycles. The minimum Gasteiger partial charge on any atom is -0.351 e. The van der Waals surface area contributed by atoms with Gasteiger partial charge >= 0.3 is 0 Å². The van der Waals surface area contributed by atoms with Crippen LogP contribution in [0.5, 0.6) is 0 Å². The van der Waals surface area contributed by atoms with Crippen LogP contribution in [0.25, 0.3) is 0 Å². The normalized spacial score (nSPS) is 9.82. The number of alkyl halides is 1. The van der Waals surface area contributed by atoms with Gasteiger partial charge in [0.15, 0.2) is 0 Å². The number of nitrogens with zero attached hydrogens (tertiary/aromatic N) is 1. The second-order valence-electron chi connectivity index (χ2n) is 3.66. The van der Waals surface area contributed by atoms with Gasteiger partial charge < -0.3 is 10.2 Å². The van der Waals surface area contributed by atoms with Crippen molar-refractivity contribution in [2.75, 3.05) is 17.8 Å². The second-order valence-corrected chi connectivity index (χ2v) is 3.93. The van der Waals surface area contributed by atoms with E-state index in [0.717, 1.165) is 11.3 Å². The molecule has 1 aromatic carbocycles. The van der Waals surface area contributed by atoms with Gasteiger partial charge in [-0.15, -0.1) is 11.6 Å². The van der Waals surface area contributed by atoms with Crippen molar-refractivity contribution in [2.24, 2.45) is 0 Å². The van der Waals surface area contributed by atoms with Gasteiger partial charge in [-0.25, -0.2) is 0 Å². The Kier molecular flexibility index (Phi) is 4.97. The van der Waals surface area contributed by atoms with Gasteiger partial charge in [-0.1, -0.05) is 12.1 Å². The van der Waals surface area contributed by atoms with Crippen LogP contribution in [0.1, 0.15) is 12.5 Å². The average Bonchev–Trinajstić information content (AvgIpc) is 2.35. The Morgan fingerprint density at radius 2 is 2.12 bits per heavy atom. The summed E-state index contributed by atoms with van der Waals surface area (Å²) in [4.78, 5) is 23.8. The van der Waals surface area contributed by atoms with Crippen LogP contribution in [0.2, 0.25) is 0 Å². The molecule has 0 heterocycles. The van der Waals surface area contributed by atoms with Crippen molar-refractivity contribution in [3.63, 3.8) is 0 Å². The summed E-state index contributed by atoms with van der Waals surface area (Å²) in [6.45, 7) is 1.91. The first-order valence-electron chi connectivity index (χ1n) is 5.20. The van der Waals surface area contributed by atoms with E-state index in [2.05, 4.69) is 5.32 Å². The lowest BCUT2D eigenvalue weighted by atomic mass is 10.2. The Bertz CT molecular complexity index is 421. The molecule has 0 spiro atoms. The van der Waals surface area contributed by atoms with Gasteiger partial charge in [-0.05, 0) is 17.7 Å². The first-order chi connectivity index (χ1) is 8.04. The van der Waals surface area contributed by atoms with E-state index in [-0.39, 0.29) is 17.7 Å². The monoisotopic (exact) mass is 254 g/mol. The molecule has 2 amide bonds. The first kappa shape index (κ1) is 13.5. The molecule has 1 N–H and O–H groups in total. The van der Waals surface area contributed by atoms with Crippen LogP contribution in [0, 0.1) is 0 Å². The fraction of sp³-hybridized carbons (Fsp3) is 0.333. The molecule has 0 saturated carbocycles. The van der Waals surface area contributed by atoms with Gasteiger partial charge in [0, 0.05) is 26.2 Å². The zero-order valence-corrected chi connectivity index (χ0v) is 10.6. The zero-order valence-electron chi connectivity index (χ0n) is 9.87. The summed E-state index contributed by atoms with van der Waals surface area (Å²) in [5, 5.41) is 2.67. The molecule has 0 aliphatic heterocycles. The van der Waals surface area contributed by atoms with Crippen LogP contribution >= 0.6 is 11.6 Å². The molecule has 0 radical (unpaired) electrons. The number of halogens is 1. The van der Waals surface area contributed by atoms with Crippen molar-refractivity contribution in [1.82, 2.24) is 5.32 Å². The SMILES string of the molecule is CC(=O)N(C)c1cccc(CNC(=O)CCl)c1. The fourth-order valence-electron chi connectivity index (χ4n) is 1.30. The van der Waals surface area contributed by atoms with Crippen LogP contribution in [0.3, 0.4) is 0 Å². The third-order valence-electron chi connectivity index (χ3n) is 2.38. The van der Waals surface area contributed by atoms with Crippen LogP contribution < -0.4 is 10.2 Å². The van der Waals surface area contributed by atoms with E-state index < -0.39 is 0 Å². The third kappa shape index (κ3) is 4.07. The van der Waals surface area contributed by atoms with Crippen LogP contribution in [0.15, 0.2) is 24.3 Å². The van der Waals surface area contributed by atoms with E-state index >= 15 is 0 Å². The summed E-state index contributed by atoms with van der Waals surface area (Å²) in [6, 6.07) is 7.42. The van der Waals surface area contributed by atoms with E-state index in [0.29, 0.717) is 6.54 Å². The number of amides is 2. The lowest BCUT2D eigenvalue weighted by Gasteiger charge is -2.16. The van der Waals surface area contributed by atoms with Crippen molar-refractivity contribution in [3.8, 4) is 0 Å². The summed E-state index contributed by atoms with van der Waals surface area (Å²) < 4.78 is 0. The molecule has 0 bridgehead atoms. The smallest absolute Gasteiger partial charge is 0.235 e. The summed E-state index contributed by atoms with van der Waals surface area (Å²) in [7, 11) is 1.71. The number of benzene rings is 1. The quantitative estimate of drug-likeness (QED) is 0.829. The van der Waals surface area contributed by atoms with Crippen molar-refractivity contribution in [2.45, 2.75) is 13.5 Å². The zero-order chi connectivity index (χ0) is 12.8. The van der Waals surface area contributed by atoms with Gasteiger partial charge in [0.2, 0.25) is 11.8 Å². The Hall–Kier alpha value is -1.55. The largest absolute Gasteiger partial charge is 0.351 e. The van der Waals surface area contributed by atoms with Gasteiger partial charge in [-0.2, -0.15) is 0 Å². The maximum Gasteiger partial charge on any atom is 0.235 e. The molecular formula is C12H15ClN2O2. The van der Waals surface area contributed by atoms with Gasteiger partial charge in [0.05, 0.1) is 0 Å². The summed E-state index contributed by atoms with van der Waals surface area (Å²) in [5.74, 6) is -0.295. The van der Waals surface area contributed by atoms with Crippen LogP contribution in [-0.2, 0) is 16.1 Å². The van der Waals surface area contributed by atoms with Crippen LogP contribution in [-0.4, -0.2) is 24.7 Å². The van der Waals surface area contributed by atoms with Crippen molar-refractivity contribution in [1.29, 1.82) is 0 Å². The topological polar surface area (TPSA) is 49.4 Å². The van der Waals surface area contributed by atoms with E-state index in [1.54, 1.807) is 11.9 Å². The first-order valence-corrected chi connectivity index (χ1v) is 5.74. The molecule has 0 aliphatic carbocycles. The highest BCUT2D eigenvalue weighted by molar-refractivity contribution is 6.27. The van der Waals surface area contributed by atoms with Gasteiger partial charge in [-0.3, -0.25) is 9.59 Å². The van der Waals surface area contributed by atoms with Crippen molar-refractivity contribution in [3.05, 3.63) is 29.8 Å². The average molecular weight is 255 g/mol. The molecule has 0 atom stereocenters. The minimum absolute atomic E-state index is 0.0352. The number of nitrogens with one attached hydrogen (secondary N) is 1. The van der Waals surface area contributed by atoms with E-state index in [9.17, 15) is 9.59 Å².